The second-order valence-corrected chi connectivity index (χ2v) is 4.57. The number of aliphatic hydroxyl groups is 1. The molecule has 1 aliphatic heterocycles. The summed E-state index contributed by atoms with van der Waals surface area (Å²) in [5.74, 6) is -0.493. The third-order valence-electron chi connectivity index (χ3n) is 3.35. The van der Waals surface area contributed by atoms with Gasteiger partial charge in [-0.3, -0.25) is 0 Å². The zero-order valence-corrected chi connectivity index (χ0v) is 10.6. The van der Waals surface area contributed by atoms with E-state index in [-0.39, 0.29) is 12.0 Å². The van der Waals surface area contributed by atoms with Gasteiger partial charge in [-0.05, 0) is 18.6 Å². The Morgan fingerprint density at radius 1 is 1.39 bits per heavy atom. The second-order valence-electron chi connectivity index (χ2n) is 4.57. The highest BCUT2D eigenvalue weighted by Crippen LogP contribution is 2.29. The summed E-state index contributed by atoms with van der Waals surface area (Å²) in [5, 5.41) is 9.95. The fraction of sp³-hybridized carbons (Fsp3) is 0.500. The third-order valence-corrected chi connectivity index (χ3v) is 3.35. The molecule has 18 heavy (non-hydrogen) atoms. The summed E-state index contributed by atoms with van der Waals surface area (Å²) in [4.78, 5) is 11.8. The maximum atomic E-state index is 11.8. The summed E-state index contributed by atoms with van der Waals surface area (Å²) in [6.07, 6.45) is -0.897. The standard InChI is InChI=1S/C14H18O4/c1-3-11-9(2)12(15)14(17-11)18-13(16)10-7-5-4-6-8-10/h4-9,11-12,14-15H,3H2,1-2H3/t9-,11-,12-,14?/m1/s1. The largest absolute Gasteiger partial charge is 0.429 e. The molecule has 0 amide bonds. The fourth-order valence-corrected chi connectivity index (χ4v) is 2.16. The minimum absolute atomic E-state index is 0.0245. The van der Waals surface area contributed by atoms with Gasteiger partial charge >= 0.3 is 5.97 Å². The van der Waals surface area contributed by atoms with E-state index in [1.807, 2.05) is 19.9 Å². The van der Waals surface area contributed by atoms with Crippen molar-refractivity contribution in [2.24, 2.45) is 5.92 Å². The first-order valence-corrected chi connectivity index (χ1v) is 6.23. The molecule has 0 radical (unpaired) electrons. The van der Waals surface area contributed by atoms with Crippen molar-refractivity contribution in [3.8, 4) is 0 Å². The smallest absolute Gasteiger partial charge is 0.340 e. The molecule has 1 saturated heterocycles. The van der Waals surface area contributed by atoms with E-state index < -0.39 is 18.4 Å². The summed E-state index contributed by atoms with van der Waals surface area (Å²) in [7, 11) is 0. The summed E-state index contributed by atoms with van der Waals surface area (Å²) >= 11 is 0. The van der Waals surface area contributed by atoms with E-state index in [1.54, 1.807) is 24.3 Å². The van der Waals surface area contributed by atoms with Crippen LogP contribution in [0.4, 0.5) is 0 Å². The van der Waals surface area contributed by atoms with Crippen molar-refractivity contribution in [1.82, 2.24) is 0 Å². The van der Waals surface area contributed by atoms with Gasteiger partial charge in [-0.15, -0.1) is 0 Å². The van der Waals surface area contributed by atoms with Crippen molar-refractivity contribution >= 4 is 5.97 Å². The fourth-order valence-electron chi connectivity index (χ4n) is 2.16. The van der Waals surface area contributed by atoms with E-state index in [9.17, 15) is 9.90 Å². The van der Waals surface area contributed by atoms with Crippen LogP contribution in [-0.4, -0.2) is 29.6 Å². The molecule has 0 spiro atoms. The van der Waals surface area contributed by atoms with Gasteiger partial charge in [0, 0.05) is 5.92 Å². The van der Waals surface area contributed by atoms with Gasteiger partial charge in [0.1, 0.15) is 6.10 Å². The maximum Gasteiger partial charge on any atom is 0.340 e. The van der Waals surface area contributed by atoms with Gasteiger partial charge in [-0.25, -0.2) is 4.79 Å². The molecular formula is C14H18O4. The zero-order valence-electron chi connectivity index (χ0n) is 10.6. The predicted molar refractivity (Wildman–Crippen MR) is 66.0 cm³/mol. The highest BCUT2D eigenvalue weighted by Gasteiger charge is 2.42. The van der Waals surface area contributed by atoms with Crippen LogP contribution in [0.5, 0.6) is 0 Å². The highest BCUT2D eigenvalue weighted by molar-refractivity contribution is 5.89. The quantitative estimate of drug-likeness (QED) is 0.833. The van der Waals surface area contributed by atoms with Crippen molar-refractivity contribution in [2.75, 3.05) is 0 Å². The predicted octanol–water partition coefficient (Wildman–Crippen LogP) is 1.98. The second kappa shape index (κ2) is 5.50. The number of hydrogen-bond acceptors (Lipinski definition) is 4. The first-order chi connectivity index (χ1) is 8.63. The van der Waals surface area contributed by atoms with Crippen molar-refractivity contribution in [1.29, 1.82) is 0 Å². The number of carbonyl (C=O) groups is 1. The van der Waals surface area contributed by atoms with Crippen LogP contribution in [0.2, 0.25) is 0 Å². The van der Waals surface area contributed by atoms with Crippen LogP contribution < -0.4 is 0 Å². The molecule has 2 rings (SSSR count). The molecule has 1 aromatic rings. The first-order valence-electron chi connectivity index (χ1n) is 6.23. The molecule has 0 aliphatic carbocycles. The number of carbonyl (C=O) groups excluding carboxylic acids is 1. The van der Waals surface area contributed by atoms with E-state index >= 15 is 0 Å². The first kappa shape index (κ1) is 13.1. The summed E-state index contributed by atoms with van der Waals surface area (Å²) in [6, 6.07) is 8.70. The van der Waals surface area contributed by atoms with E-state index in [4.69, 9.17) is 9.47 Å². The van der Waals surface area contributed by atoms with Gasteiger partial charge in [-0.1, -0.05) is 32.0 Å². The Hall–Kier alpha value is -1.39. The Kier molecular flexibility index (Phi) is 3.99. The lowest BCUT2D eigenvalue weighted by Gasteiger charge is -2.15. The van der Waals surface area contributed by atoms with Crippen LogP contribution in [0.25, 0.3) is 0 Å². The van der Waals surface area contributed by atoms with Crippen LogP contribution in [-0.2, 0) is 9.47 Å². The van der Waals surface area contributed by atoms with Gasteiger partial charge in [-0.2, -0.15) is 0 Å². The van der Waals surface area contributed by atoms with Crippen LogP contribution in [0.3, 0.4) is 0 Å². The summed E-state index contributed by atoms with van der Waals surface area (Å²) < 4.78 is 10.7. The molecule has 0 saturated carbocycles. The minimum atomic E-state index is -0.863. The molecule has 4 nitrogen and oxygen atoms in total. The number of rotatable bonds is 3. The average Bonchev–Trinajstić information content (AvgIpc) is 2.67. The number of ether oxygens (including phenoxy) is 2. The normalized spacial score (nSPS) is 31.3. The maximum absolute atomic E-state index is 11.8. The van der Waals surface area contributed by atoms with Crippen LogP contribution in [0.1, 0.15) is 30.6 Å². The SMILES string of the molecule is CC[C@H]1OC(OC(=O)c2ccccc2)[C@H](O)[C@@H]1C. The van der Waals surface area contributed by atoms with Crippen LogP contribution >= 0.6 is 0 Å². The van der Waals surface area contributed by atoms with Gasteiger partial charge in [0.25, 0.3) is 0 Å². The van der Waals surface area contributed by atoms with Gasteiger partial charge in [0.05, 0.1) is 11.7 Å². The number of esters is 1. The molecular weight excluding hydrogens is 232 g/mol. The van der Waals surface area contributed by atoms with E-state index in [0.29, 0.717) is 5.56 Å². The van der Waals surface area contributed by atoms with Gasteiger partial charge in [0.15, 0.2) is 0 Å². The van der Waals surface area contributed by atoms with Crippen molar-refractivity contribution in [3.63, 3.8) is 0 Å². The minimum Gasteiger partial charge on any atom is -0.429 e. The van der Waals surface area contributed by atoms with Crippen molar-refractivity contribution in [2.45, 2.75) is 38.8 Å². The molecule has 4 atom stereocenters. The Balaban J connectivity index is 2.00. The molecule has 4 heteroatoms. The zero-order chi connectivity index (χ0) is 13.1. The topological polar surface area (TPSA) is 55.8 Å². The number of aliphatic hydroxyl groups excluding tert-OH is 1. The van der Waals surface area contributed by atoms with Crippen molar-refractivity contribution < 1.29 is 19.4 Å². The van der Waals surface area contributed by atoms with Crippen molar-refractivity contribution in [3.05, 3.63) is 35.9 Å². The molecule has 1 fully saturated rings. The third kappa shape index (κ3) is 2.54. The molecule has 1 N–H and O–H groups in total. The molecule has 98 valence electrons. The molecule has 1 aliphatic rings. The van der Waals surface area contributed by atoms with E-state index in [2.05, 4.69) is 0 Å². The Labute approximate surface area is 107 Å². The Morgan fingerprint density at radius 2 is 2.06 bits per heavy atom. The highest BCUT2D eigenvalue weighted by atomic mass is 16.7. The number of benzene rings is 1. The molecule has 1 unspecified atom stereocenters. The monoisotopic (exact) mass is 250 g/mol. The van der Waals surface area contributed by atoms with E-state index in [0.717, 1.165) is 6.42 Å². The van der Waals surface area contributed by atoms with Gasteiger partial charge in [0.2, 0.25) is 6.29 Å². The molecule has 0 bridgehead atoms. The lowest BCUT2D eigenvalue weighted by Crippen LogP contribution is -2.30. The Morgan fingerprint density at radius 3 is 2.61 bits per heavy atom. The van der Waals surface area contributed by atoms with Gasteiger partial charge < -0.3 is 14.6 Å². The van der Waals surface area contributed by atoms with E-state index in [1.165, 1.54) is 0 Å². The lowest BCUT2D eigenvalue weighted by molar-refractivity contribution is -0.134. The molecule has 1 aromatic carbocycles. The molecule has 1 heterocycles. The Bertz CT molecular complexity index is 404. The average molecular weight is 250 g/mol. The summed E-state index contributed by atoms with van der Waals surface area (Å²) in [6.45, 7) is 3.88. The lowest BCUT2D eigenvalue weighted by atomic mass is 9.99. The van der Waals surface area contributed by atoms with Crippen LogP contribution in [0.15, 0.2) is 30.3 Å². The molecule has 0 aromatic heterocycles. The summed E-state index contributed by atoms with van der Waals surface area (Å²) in [5.41, 5.74) is 0.459. The van der Waals surface area contributed by atoms with Crippen LogP contribution in [0, 0.1) is 5.92 Å². The number of hydrogen-bond donors (Lipinski definition) is 1.